The molecule has 0 rings (SSSR count). The van der Waals surface area contributed by atoms with E-state index in [9.17, 15) is 0 Å². The third-order valence-electron chi connectivity index (χ3n) is 3.06. The Bertz CT molecular complexity index is 294. The van der Waals surface area contributed by atoms with Gasteiger partial charge in [0.1, 0.15) is 0 Å². The molecule has 0 amide bonds. The topological polar surface area (TPSA) is 9.72 Å². The zero-order valence-corrected chi connectivity index (χ0v) is 23.5. The third-order valence-corrected chi connectivity index (χ3v) is 4.61. The summed E-state index contributed by atoms with van der Waals surface area (Å²) in [6, 6.07) is 0. The molecule has 0 aromatic heterocycles. The van der Waals surface area contributed by atoms with Crippen LogP contribution in [0.1, 0.15) is 41.5 Å². The van der Waals surface area contributed by atoms with E-state index in [1.165, 1.54) is 0 Å². The Balaban J connectivity index is -0.000000130. The van der Waals surface area contributed by atoms with Gasteiger partial charge in [-0.25, -0.2) is 0 Å². The minimum atomic E-state index is 0. The maximum Gasteiger partial charge on any atom is 3.00 e. The van der Waals surface area contributed by atoms with Gasteiger partial charge < -0.3 is 89.2 Å². The molecule has 0 spiro atoms. The molecule has 25 heavy (non-hydrogen) atoms. The summed E-state index contributed by atoms with van der Waals surface area (Å²) < 4.78 is 1.74. The summed E-state index contributed by atoms with van der Waals surface area (Å²) in [6.07, 6.45) is 0. The number of hydrogen-bond donors (Lipinski definition) is 0. The molecule has 0 bridgehead atoms. The van der Waals surface area contributed by atoms with Crippen LogP contribution in [0.4, 0.5) is 0 Å². The van der Waals surface area contributed by atoms with E-state index in [4.69, 9.17) is 74.5 Å². The minimum Gasteiger partial charge on any atom is -0.411 e. The molecule has 3 nitrogen and oxygen atoms in total. The fourth-order valence-corrected chi connectivity index (χ4v) is 2.99. The number of nitrogens with zero attached hydrogens (tertiary/aromatic N) is 3. The molecule has 10 heteroatoms. The Morgan fingerprint density at radius 3 is 0.640 bits per heavy atom. The third kappa shape index (κ3) is 21.2. The largest absolute Gasteiger partial charge is 3.00 e. The molecular formula is C15H30N3ReS6. The second-order valence-corrected chi connectivity index (χ2v) is 7.41. The van der Waals surface area contributed by atoms with Crippen molar-refractivity contribution in [3.8, 4) is 0 Å². The molecule has 0 saturated heterocycles. The fraction of sp³-hybridized carbons (Fsp3) is 0.800. The monoisotopic (exact) mass is 631 g/mol. The van der Waals surface area contributed by atoms with Crippen LogP contribution in [0.2, 0.25) is 0 Å². The molecule has 0 atom stereocenters. The summed E-state index contributed by atoms with van der Waals surface area (Å²) >= 11 is 28.5. The van der Waals surface area contributed by atoms with E-state index < -0.39 is 0 Å². The van der Waals surface area contributed by atoms with E-state index in [1.54, 1.807) is 0 Å². The Morgan fingerprint density at radius 1 is 0.520 bits per heavy atom. The van der Waals surface area contributed by atoms with Crippen LogP contribution in [-0.2, 0) is 58.3 Å². The standard InChI is InChI=1S/3C5H11NS2.Re/c3*1-3-6(4-2)5(7)8;/h3*3-4H2,1-2H3,(H,7,8);/q;;;+3/p-3. The van der Waals surface area contributed by atoms with Gasteiger partial charge in [0.2, 0.25) is 0 Å². The molecule has 0 saturated carbocycles. The van der Waals surface area contributed by atoms with E-state index >= 15 is 0 Å². The maximum atomic E-state index is 4.76. The molecule has 0 aromatic carbocycles. The van der Waals surface area contributed by atoms with Crippen LogP contribution in [-0.4, -0.2) is 66.9 Å². The molecular weight excluding hydrogens is 601 g/mol. The zero-order chi connectivity index (χ0) is 19.7. The van der Waals surface area contributed by atoms with Gasteiger partial charge in [-0.2, -0.15) is 0 Å². The quantitative estimate of drug-likeness (QED) is 0.320. The van der Waals surface area contributed by atoms with Gasteiger partial charge in [-0.05, 0) is 41.5 Å². The first-order chi connectivity index (χ1) is 11.2. The molecule has 0 aromatic rings. The SMILES string of the molecule is CCN(CC)C(=S)[S-].CCN(CC)C(=S)[S-].CCN(CC)C(=S)[S-].[Re+3]. The Morgan fingerprint density at radius 2 is 0.640 bits per heavy atom. The van der Waals surface area contributed by atoms with Crippen LogP contribution < -0.4 is 0 Å². The van der Waals surface area contributed by atoms with Crippen LogP contribution >= 0.6 is 36.7 Å². The van der Waals surface area contributed by atoms with Gasteiger partial charge in [0.15, 0.2) is 0 Å². The first kappa shape index (κ1) is 33.6. The van der Waals surface area contributed by atoms with Crippen molar-refractivity contribution in [3.63, 3.8) is 0 Å². The molecule has 0 aliphatic heterocycles. The van der Waals surface area contributed by atoms with E-state index in [1.807, 2.05) is 56.2 Å². The fourth-order valence-electron chi connectivity index (χ4n) is 1.45. The van der Waals surface area contributed by atoms with Gasteiger partial charge in [0, 0.05) is 39.3 Å². The van der Waals surface area contributed by atoms with Gasteiger partial charge >= 0.3 is 20.4 Å². The van der Waals surface area contributed by atoms with Gasteiger partial charge in [-0.15, -0.1) is 0 Å². The average Bonchev–Trinajstić information content (AvgIpc) is 2.51. The molecule has 0 fully saturated rings. The van der Waals surface area contributed by atoms with E-state index in [-0.39, 0.29) is 20.4 Å². The molecule has 0 radical (unpaired) electrons. The van der Waals surface area contributed by atoms with Crippen LogP contribution in [0.5, 0.6) is 0 Å². The first-order valence-corrected chi connectivity index (χ1v) is 10.5. The second kappa shape index (κ2) is 23.0. The summed E-state index contributed by atoms with van der Waals surface area (Å²) in [5.41, 5.74) is 0. The van der Waals surface area contributed by atoms with E-state index in [0.29, 0.717) is 13.0 Å². The van der Waals surface area contributed by atoms with Crippen molar-refractivity contribution < 1.29 is 20.4 Å². The predicted molar refractivity (Wildman–Crippen MR) is 129 cm³/mol. The Labute approximate surface area is 201 Å². The first-order valence-electron chi connectivity index (χ1n) is 8.04. The van der Waals surface area contributed by atoms with Crippen molar-refractivity contribution in [1.29, 1.82) is 0 Å². The van der Waals surface area contributed by atoms with E-state index in [0.717, 1.165) is 39.3 Å². The van der Waals surface area contributed by atoms with Gasteiger partial charge in [0.05, 0.1) is 0 Å². The zero-order valence-electron chi connectivity index (χ0n) is 15.9. The van der Waals surface area contributed by atoms with Crippen molar-refractivity contribution >= 4 is 87.5 Å². The maximum absolute atomic E-state index is 4.76. The predicted octanol–water partition coefficient (Wildman–Crippen LogP) is 3.48. The van der Waals surface area contributed by atoms with Crippen LogP contribution in [0.3, 0.4) is 0 Å². The van der Waals surface area contributed by atoms with Crippen molar-refractivity contribution in [2.75, 3.05) is 39.3 Å². The van der Waals surface area contributed by atoms with Crippen molar-refractivity contribution in [2.24, 2.45) is 0 Å². The van der Waals surface area contributed by atoms with Crippen LogP contribution in [0.25, 0.3) is 0 Å². The van der Waals surface area contributed by atoms with Crippen LogP contribution in [0, 0.1) is 0 Å². The van der Waals surface area contributed by atoms with E-state index in [2.05, 4.69) is 0 Å². The van der Waals surface area contributed by atoms with Crippen molar-refractivity contribution in [3.05, 3.63) is 0 Å². The average molecular weight is 631 g/mol. The molecule has 0 N–H and O–H groups in total. The Hall–Kier alpha value is 0.992. The number of hydrogen-bond acceptors (Lipinski definition) is 6. The van der Waals surface area contributed by atoms with Gasteiger partial charge in [-0.1, -0.05) is 13.0 Å². The second-order valence-electron chi connectivity index (χ2n) is 4.31. The molecule has 0 aliphatic carbocycles. The summed E-state index contributed by atoms with van der Waals surface area (Å²) in [5.74, 6) is 0. The smallest absolute Gasteiger partial charge is 0.411 e. The molecule has 0 aliphatic rings. The minimum absolute atomic E-state index is 0. The number of rotatable bonds is 6. The van der Waals surface area contributed by atoms with Crippen molar-refractivity contribution in [1.82, 2.24) is 14.7 Å². The van der Waals surface area contributed by atoms with Gasteiger partial charge in [0.25, 0.3) is 0 Å². The van der Waals surface area contributed by atoms with Gasteiger partial charge in [-0.3, -0.25) is 0 Å². The van der Waals surface area contributed by atoms with Crippen LogP contribution in [0.15, 0.2) is 0 Å². The normalized spacial score (nSPS) is 8.40. The Kier molecular flexibility index (Phi) is 30.9. The summed E-state index contributed by atoms with van der Waals surface area (Å²) in [7, 11) is 0. The summed E-state index contributed by atoms with van der Waals surface area (Å²) in [5, 5.41) is 0. The molecule has 0 heterocycles. The molecule has 148 valence electrons. The van der Waals surface area contributed by atoms with Crippen molar-refractivity contribution in [2.45, 2.75) is 41.5 Å². The number of thiocarbonyl (C=S) groups is 3. The summed E-state index contributed by atoms with van der Waals surface area (Å²) in [4.78, 5) is 5.89. The molecule has 0 unspecified atom stereocenters. The summed E-state index contributed by atoms with van der Waals surface area (Å²) in [6.45, 7) is 17.8.